The van der Waals surface area contributed by atoms with Crippen LogP contribution in [0.15, 0.2) is 65.6 Å². The lowest BCUT2D eigenvalue weighted by Crippen LogP contribution is -2.48. The molecule has 4 rings (SSSR count). The van der Waals surface area contributed by atoms with E-state index < -0.39 is 10.0 Å². The van der Waals surface area contributed by atoms with Gasteiger partial charge in [0.15, 0.2) is 0 Å². The molecule has 1 amide bonds. The van der Waals surface area contributed by atoms with Gasteiger partial charge in [0.25, 0.3) is 15.9 Å². The minimum Gasteiger partial charge on any atom is -0.497 e. The number of anilines is 2. The molecule has 184 valence electrons. The van der Waals surface area contributed by atoms with Gasteiger partial charge in [-0.3, -0.25) is 9.52 Å². The van der Waals surface area contributed by atoms with Crippen LogP contribution in [0.4, 0.5) is 11.4 Å². The molecule has 1 fully saturated rings. The van der Waals surface area contributed by atoms with Gasteiger partial charge in [0.1, 0.15) is 5.75 Å². The molecule has 7 nitrogen and oxygen atoms in total. The van der Waals surface area contributed by atoms with Crippen LogP contribution in [-0.2, 0) is 10.0 Å². The zero-order valence-electron chi connectivity index (χ0n) is 20.5. The molecule has 35 heavy (non-hydrogen) atoms. The highest BCUT2D eigenvalue weighted by molar-refractivity contribution is 7.92. The number of sulfonamides is 1. The summed E-state index contributed by atoms with van der Waals surface area (Å²) in [5, 5.41) is 0. The molecular formula is C27H31N3O4S. The lowest BCUT2D eigenvalue weighted by Gasteiger charge is -2.36. The molecule has 1 aliphatic rings. The van der Waals surface area contributed by atoms with E-state index in [1.54, 1.807) is 43.2 Å². The number of hydrogen-bond donors (Lipinski definition) is 1. The predicted octanol–water partition coefficient (Wildman–Crippen LogP) is 4.38. The van der Waals surface area contributed by atoms with Crippen molar-refractivity contribution >= 4 is 27.3 Å². The van der Waals surface area contributed by atoms with E-state index in [1.807, 2.05) is 44.2 Å². The Hall–Kier alpha value is -3.52. The van der Waals surface area contributed by atoms with Crippen LogP contribution in [-0.4, -0.2) is 52.5 Å². The van der Waals surface area contributed by atoms with Crippen molar-refractivity contribution in [1.29, 1.82) is 0 Å². The number of methoxy groups -OCH3 is 1. The molecule has 1 aliphatic heterocycles. The molecule has 0 radical (unpaired) electrons. The van der Waals surface area contributed by atoms with Crippen molar-refractivity contribution in [3.63, 3.8) is 0 Å². The van der Waals surface area contributed by atoms with Gasteiger partial charge >= 0.3 is 0 Å². The van der Waals surface area contributed by atoms with Gasteiger partial charge in [-0.05, 0) is 86.0 Å². The second-order valence-electron chi connectivity index (χ2n) is 8.94. The Morgan fingerprint density at radius 2 is 1.49 bits per heavy atom. The summed E-state index contributed by atoms with van der Waals surface area (Å²) in [6.45, 7) is 8.08. The minimum atomic E-state index is -3.85. The van der Waals surface area contributed by atoms with E-state index in [-0.39, 0.29) is 10.8 Å². The van der Waals surface area contributed by atoms with E-state index in [0.29, 0.717) is 43.0 Å². The number of amides is 1. The first-order valence-electron chi connectivity index (χ1n) is 11.6. The predicted molar refractivity (Wildman–Crippen MR) is 139 cm³/mol. The number of hydrogen-bond acceptors (Lipinski definition) is 5. The zero-order valence-corrected chi connectivity index (χ0v) is 21.4. The molecule has 0 aliphatic carbocycles. The highest BCUT2D eigenvalue weighted by Gasteiger charge is 2.25. The zero-order chi connectivity index (χ0) is 25.2. The van der Waals surface area contributed by atoms with Crippen molar-refractivity contribution in [2.75, 3.05) is 42.9 Å². The van der Waals surface area contributed by atoms with Gasteiger partial charge in [-0.1, -0.05) is 12.1 Å². The van der Waals surface area contributed by atoms with Gasteiger partial charge in [0.05, 0.1) is 12.0 Å². The van der Waals surface area contributed by atoms with Crippen LogP contribution < -0.4 is 14.4 Å². The van der Waals surface area contributed by atoms with E-state index in [2.05, 4.69) is 9.62 Å². The number of carbonyl (C=O) groups is 1. The van der Waals surface area contributed by atoms with Crippen LogP contribution in [0, 0.1) is 20.8 Å². The summed E-state index contributed by atoms with van der Waals surface area (Å²) >= 11 is 0. The molecule has 0 bridgehead atoms. The first kappa shape index (κ1) is 24.6. The lowest BCUT2D eigenvalue weighted by molar-refractivity contribution is 0.0746. The Kier molecular flexibility index (Phi) is 7.03. The highest BCUT2D eigenvalue weighted by atomic mass is 32.2. The highest BCUT2D eigenvalue weighted by Crippen LogP contribution is 2.24. The molecule has 0 saturated carbocycles. The molecule has 0 spiro atoms. The summed E-state index contributed by atoms with van der Waals surface area (Å²) in [5.74, 6) is 0.641. The van der Waals surface area contributed by atoms with Gasteiger partial charge in [0, 0.05) is 43.1 Å². The fraction of sp³-hybridized carbons (Fsp3) is 0.296. The van der Waals surface area contributed by atoms with Crippen molar-refractivity contribution in [2.45, 2.75) is 25.7 Å². The van der Waals surface area contributed by atoms with E-state index in [0.717, 1.165) is 22.6 Å². The molecule has 3 aromatic rings. The molecule has 1 saturated heterocycles. The lowest BCUT2D eigenvalue weighted by atomic mass is 10.1. The maximum Gasteiger partial charge on any atom is 0.262 e. The fourth-order valence-corrected chi connectivity index (χ4v) is 5.72. The fourth-order valence-electron chi connectivity index (χ4n) is 4.41. The van der Waals surface area contributed by atoms with Gasteiger partial charge in [-0.25, -0.2) is 8.42 Å². The van der Waals surface area contributed by atoms with Crippen molar-refractivity contribution in [3.8, 4) is 5.75 Å². The average Bonchev–Trinajstić information content (AvgIpc) is 2.83. The molecule has 8 heteroatoms. The van der Waals surface area contributed by atoms with Crippen LogP contribution >= 0.6 is 0 Å². The third-order valence-corrected chi connectivity index (χ3v) is 7.73. The number of nitrogens with zero attached hydrogens (tertiary/aromatic N) is 2. The quantitative estimate of drug-likeness (QED) is 0.551. The average molecular weight is 494 g/mol. The standard InChI is InChI=1S/C27H31N3O4S/c1-19-15-20(2)17-23(16-19)28-35(32,33)26-18-22(6-5-21(26)3)27(31)30-13-11-29(12-14-30)24-7-9-25(34-4)10-8-24/h5-10,15-18,28H,11-14H2,1-4H3. The van der Waals surface area contributed by atoms with Crippen LogP contribution in [0.25, 0.3) is 0 Å². The third-order valence-electron chi connectivity index (χ3n) is 6.20. The first-order chi connectivity index (χ1) is 16.7. The van der Waals surface area contributed by atoms with Crippen LogP contribution in [0.3, 0.4) is 0 Å². The summed E-state index contributed by atoms with van der Waals surface area (Å²) < 4.78 is 34.3. The van der Waals surface area contributed by atoms with Crippen molar-refractivity contribution in [2.24, 2.45) is 0 Å². The smallest absolute Gasteiger partial charge is 0.262 e. The Morgan fingerprint density at radius 3 is 2.09 bits per heavy atom. The minimum absolute atomic E-state index is 0.111. The molecule has 3 aromatic carbocycles. The van der Waals surface area contributed by atoms with E-state index >= 15 is 0 Å². The monoisotopic (exact) mass is 493 g/mol. The second kappa shape index (κ2) is 10.00. The number of rotatable bonds is 6. The number of carbonyl (C=O) groups excluding carboxylic acids is 1. The summed E-state index contributed by atoms with van der Waals surface area (Å²) in [6, 6.07) is 18.3. The van der Waals surface area contributed by atoms with Crippen molar-refractivity contribution < 1.29 is 17.9 Å². The molecule has 1 N–H and O–H groups in total. The molecule has 1 heterocycles. The van der Waals surface area contributed by atoms with Gasteiger partial charge in [-0.2, -0.15) is 0 Å². The van der Waals surface area contributed by atoms with E-state index in [1.165, 1.54) is 6.07 Å². The Labute approximate surface area is 207 Å². The molecule has 0 atom stereocenters. The summed E-state index contributed by atoms with van der Waals surface area (Å²) in [4.78, 5) is 17.4. The normalized spacial score (nSPS) is 14.1. The summed E-state index contributed by atoms with van der Waals surface area (Å²) in [6.07, 6.45) is 0. The van der Waals surface area contributed by atoms with Gasteiger partial charge in [-0.15, -0.1) is 0 Å². The Morgan fingerprint density at radius 1 is 0.857 bits per heavy atom. The summed E-state index contributed by atoms with van der Waals surface area (Å²) in [5.41, 5.74) is 4.48. The molecular weight excluding hydrogens is 462 g/mol. The number of piperazine rings is 1. The Balaban J connectivity index is 1.48. The third kappa shape index (κ3) is 5.59. The van der Waals surface area contributed by atoms with Crippen LogP contribution in [0.2, 0.25) is 0 Å². The number of ether oxygens (including phenoxy) is 1. The van der Waals surface area contributed by atoms with E-state index in [4.69, 9.17) is 4.74 Å². The topological polar surface area (TPSA) is 79.0 Å². The van der Waals surface area contributed by atoms with Gasteiger partial charge in [0.2, 0.25) is 0 Å². The first-order valence-corrected chi connectivity index (χ1v) is 13.0. The van der Waals surface area contributed by atoms with E-state index in [9.17, 15) is 13.2 Å². The second-order valence-corrected chi connectivity index (χ2v) is 10.6. The van der Waals surface area contributed by atoms with Crippen LogP contribution in [0.1, 0.15) is 27.0 Å². The van der Waals surface area contributed by atoms with Crippen molar-refractivity contribution in [1.82, 2.24) is 4.90 Å². The molecule has 0 unspecified atom stereocenters. The number of nitrogens with one attached hydrogen (secondary N) is 1. The summed E-state index contributed by atoms with van der Waals surface area (Å²) in [7, 11) is -2.21. The number of aryl methyl sites for hydroxylation is 3. The maximum absolute atomic E-state index is 13.2. The SMILES string of the molecule is COc1ccc(N2CCN(C(=O)c3ccc(C)c(S(=O)(=O)Nc4cc(C)cc(C)c4)c3)CC2)cc1. The van der Waals surface area contributed by atoms with Gasteiger partial charge < -0.3 is 14.5 Å². The number of benzene rings is 3. The maximum atomic E-state index is 13.2. The van der Waals surface area contributed by atoms with Crippen molar-refractivity contribution in [3.05, 3.63) is 82.9 Å². The molecule has 0 aromatic heterocycles. The van der Waals surface area contributed by atoms with Crippen LogP contribution in [0.5, 0.6) is 5.75 Å². The largest absolute Gasteiger partial charge is 0.497 e. The Bertz CT molecular complexity index is 1310.